The summed E-state index contributed by atoms with van der Waals surface area (Å²) < 4.78 is 24.6. The molecule has 1 amide bonds. The molecule has 7 nitrogen and oxygen atoms in total. The van der Waals surface area contributed by atoms with E-state index < -0.39 is 0 Å². The molecule has 0 unspecified atom stereocenters. The van der Waals surface area contributed by atoms with Gasteiger partial charge in [0.1, 0.15) is 19.0 Å². The number of carbonyl (C=O) groups is 1. The van der Waals surface area contributed by atoms with Gasteiger partial charge in [-0.05, 0) is 42.7 Å². The zero-order chi connectivity index (χ0) is 21.9. The summed E-state index contributed by atoms with van der Waals surface area (Å²) in [7, 11) is 0. The second-order valence-electron chi connectivity index (χ2n) is 7.91. The van der Waals surface area contributed by atoms with Crippen LogP contribution >= 0.6 is 0 Å². The van der Waals surface area contributed by atoms with Crippen LogP contribution in [0.1, 0.15) is 12.8 Å². The number of aromatic nitrogens is 2. The summed E-state index contributed by atoms with van der Waals surface area (Å²) >= 11 is 0. The van der Waals surface area contributed by atoms with Gasteiger partial charge >= 0.3 is 0 Å². The molecule has 2 aliphatic rings. The van der Waals surface area contributed by atoms with Gasteiger partial charge in [0.25, 0.3) is 0 Å². The fraction of sp³-hybridized carbons (Fsp3) is 0.292. The van der Waals surface area contributed by atoms with Crippen molar-refractivity contribution in [3.05, 3.63) is 60.7 Å². The Bertz CT molecular complexity index is 1120. The quantitative estimate of drug-likeness (QED) is 0.671. The predicted octanol–water partition coefficient (Wildman–Crippen LogP) is 3.91. The minimum absolute atomic E-state index is 0.0391. The van der Waals surface area contributed by atoms with Crippen LogP contribution in [0.5, 0.6) is 11.5 Å². The van der Waals surface area contributed by atoms with Crippen molar-refractivity contribution in [1.29, 1.82) is 0 Å². The molecule has 0 saturated carbocycles. The van der Waals surface area contributed by atoms with Crippen molar-refractivity contribution in [2.24, 2.45) is 5.92 Å². The van der Waals surface area contributed by atoms with Gasteiger partial charge in [-0.15, -0.1) is 0 Å². The Balaban J connectivity index is 1.24. The van der Waals surface area contributed by atoms with Crippen LogP contribution in [0.25, 0.3) is 11.1 Å². The number of nitrogens with zero attached hydrogens (tertiary/aromatic N) is 3. The van der Waals surface area contributed by atoms with Gasteiger partial charge in [0.05, 0.1) is 5.92 Å². The van der Waals surface area contributed by atoms with Gasteiger partial charge in [-0.25, -0.2) is 14.4 Å². The van der Waals surface area contributed by atoms with Crippen LogP contribution in [-0.2, 0) is 4.79 Å². The van der Waals surface area contributed by atoms with Crippen LogP contribution in [0.15, 0.2) is 54.9 Å². The first-order chi connectivity index (χ1) is 15.7. The molecule has 8 heteroatoms. The van der Waals surface area contributed by atoms with E-state index in [1.165, 1.54) is 12.1 Å². The SMILES string of the molecule is O=C(Nc1ccc2c(c1)OCCO2)[C@H]1CCCN(c2ncc(-c3cccc(F)c3)cn2)C1. The van der Waals surface area contributed by atoms with E-state index in [1.54, 1.807) is 24.5 Å². The fourth-order valence-corrected chi connectivity index (χ4v) is 4.04. The monoisotopic (exact) mass is 434 g/mol. The summed E-state index contributed by atoms with van der Waals surface area (Å²) in [6.45, 7) is 2.35. The Morgan fingerprint density at radius 2 is 1.84 bits per heavy atom. The number of nitrogens with one attached hydrogen (secondary N) is 1. The zero-order valence-electron chi connectivity index (χ0n) is 17.5. The Morgan fingerprint density at radius 1 is 1.03 bits per heavy atom. The number of ether oxygens (including phenoxy) is 2. The molecule has 1 saturated heterocycles. The molecule has 164 valence electrons. The molecular weight excluding hydrogens is 411 g/mol. The lowest BCUT2D eigenvalue weighted by molar-refractivity contribution is -0.120. The lowest BCUT2D eigenvalue weighted by atomic mass is 9.97. The summed E-state index contributed by atoms with van der Waals surface area (Å²) in [5.41, 5.74) is 2.16. The molecule has 3 aromatic rings. The third-order valence-corrected chi connectivity index (χ3v) is 5.68. The normalized spacial score (nSPS) is 17.7. The van der Waals surface area contributed by atoms with Crippen molar-refractivity contribution in [2.75, 3.05) is 36.5 Å². The van der Waals surface area contributed by atoms with Gasteiger partial charge in [0, 0.05) is 42.8 Å². The van der Waals surface area contributed by atoms with E-state index in [9.17, 15) is 9.18 Å². The van der Waals surface area contributed by atoms with Crippen molar-refractivity contribution in [3.8, 4) is 22.6 Å². The number of benzene rings is 2. The van der Waals surface area contributed by atoms with Crippen LogP contribution in [-0.4, -0.2) is 42.2 Å². The van der Waals surface area contributed by atoms with Crippen LogP contribution in [0.4, 0.5) is 16.0 Å². The van der Waals surface area contributed by atoms with Crippen LogP contribution in [0.3, 0.4) is 0 Å². The topological polar surface area (TPSA) is 76.6 Å². The number of anilines is 2. The number of fused-ring (bicyclic) bond motifs is 1. The lowest BCUT2D eigenvalue weighted by Gasteiger charge is -2.32. The Hall–Kier alpha value is -3.68. The molecule has 0 aliphatic carbocycles. The number of hydrogen-bond acceptors (Lipinski definition) is 6. The Kier molecular flexibility index (Phi) is 5.58. The molecule has 3 heterocycles. The van der Waals surface area contributed by atoms with Crippen molar-refractivity contribution >= 4 is 17.5 Å². The molecule has 0 bridgehead atoms. The zero-order valence-corrected chi connectivity index (χ0v) is 17.5. The van der Waals surface area contributed by atoms with E-state index in [1.807, 2.05) is 23.1 Å². The van der Waals surface area contributed by atoms with Gasteiger partial charge in [-0.1, -0.05) is 12.1 Å². The standard InChI is InChI=1S/C24H23FN4O3/c25-19-5-1-3-16(11-19)18-13-26-24(27-14-18)29-8-2-4-17(15-29)23(30)28-20-6-7-21-22(12-20)32-10-9-31-21/h1,3,5-7,11-14,17H,2,4,8-10,15H2,(H,28,30)/t17-/m0/s1. The average molecular weight is 434 g/mol. The summed E-state index contributed by atoms with van der Waals surface area (Å²) in [5, 5.41) is 2.99. The Labute approximate surface area is 185 Å². The maximum absolute atomic E-state index is 13.5. The maximum Gasteiger partial charge on any atom is 0.229 e. The molecule has 0 radical (unpaired) electrons. The molecule has 2 aliphatic heterocycles. The fourth-order valence-electron chi connectivity index (χ4n) is 4.04. The molecule has 1 fully saturated rings. The van der Waals surface area contributed by atoms with Crippen LogP contribution in [0.2, 0.25) is 0 Å². The van der Waals surface area contributed by atoms with E-state index in [0.717, 1.165) is 30.5 Å². The first-order valence-electron chi connectivity index (χ1n) is 10.7. The number of amides is 1. The van der Waals surface area contributed by atoms with E-state index in [0.29, 0.717) is 42.9 Å². The number of rotatable bonds is 4. The van der Waals surface area contributed by atoms with Crippen molar-refractivity contribution in [1.82, 2.24) is 9.97 Å². The first-order valence-corrected chi connectivity index (χ1v) is 10.7. The second kappa shape index (κ2) is 8.82. The summed E-state index contributed by atoms with van der Waals surface area (Å²) in [4.78, 5) is 23.8. The predicted molar refractivity (Wildman–Crippen MR) is 118 cm³/mol. The van der Waals surface area contributed by atoms with E-state index in [2.05, 4.69) is 15.3 Å². The van der Waals surface area contributed by atoms with Gasteiger partial charge in [0.2, 0.25) is 11.9 Å². The van der Waals surface area contributed by atoms with Crippen molar-refractivity contribution < 1.29 is 18.7 Å². The summed E-state index contributed by atoms with van der Waals surface area (Å²) in [6.07, 6.45) is 5.05. The molecule has 2 aromatic carbocycles. The van der Waals surface area contributed by atoms with Gasteiger partial charge < -0.3 is 19.7 Å². The summed E-state index contributed by atoms with van der Waals surface area (Å²) in [6, 6.07) is 11.8. The number of halogens is 1. The second-order valence-corrected chi connectivity index (χ2v) is 7.91. The summed E-state index contributed by atoms with van der Waals surface area (Å²) in [5.74, 6) is 1.39. The smallest absolute Gasteiger partial charge is 0.229 e. The van der Waals surface area contributed by atoms with Crippen LogP contribution in [0, 0.1) is 11.7 Å². The molecular formula is C24H23FN4O3. The van der Waals surface area contributed by atoms with Crippen LogP contribution < -0.4 is 19.7 Å². The lowest BCUT2D eigenvalue weighted by Crippen LogP contribution is -2.41. The number of hydrogen-bond donors (Lipinski definition) is 1. The highest BCUT2D eigenvalue weighted by Gasteiger charge is 2.27. The molecule has 1 atom stereocenters. The Morgan fingerprint density at radius 3 is 2.66 bits per heavy atom. The molecule has 5 rings (SSSR count). The largest absolute Gasteiger partial charge is 0.486 e. The third kappa shape index (κ3) is 4.34. The minimum atomic E-state index is -0.297. The highest BCUT2D eigenvalue weighted by atomic mass is 19.1. The van der Waals surface area contributed by atoms with Gasteiger partial charge in [0.15, 0.2) is 11.5 Å². The molecule has 1 aromatic heterocycles. The van der Waals surface area contributed by atoms with E-state index >= 15 is 0 Å². The molecule has 0 spiro atoms. The van der Waals surface area contributed by atoms with Crippen molar-refractivity contribution in [3.63, 3.8) is 0 Å². The third-order valence-electron chi connectivity index (χ3n) is 5.68. The highest BCUT2D eigenvalue weighted by molar-refractivity contribution is 5.93. The molecule has 1 N–H and O–H groups in total. The maximum atomic E-state index is 13.5. The highest BCUT2D eigenvalue weighted by Crippen LogP contribution is 2.33. The minimum Gasteiger partial charge on any atom is -0.486 e. The van der Waals surface area contributed by atoms with Gasteiger partial charge in [-0.2, -0.15) is 0 Å². The first kappa shape index (κ1) is 20.2. The van der Waals surface area contributed by atoms with E-state index in [4.69, 9.17) is 9.47 Å². The number of carbonyl (C=O) groups excluding carboxylic acids is 1. The van der Waals surface area contributed by atoms with Crippen molar-refractivity contribution in [2.45, 2.75) is 12.8 Å². The van der Waals surface area contributed by atoms with E-state index in [-0.39, 0.29) is 17.6 Å². The number of piperidine rings is 1. The molecule has 32 heavy (non-hydrogen) atoms. The average Bonchev–Trinajstić information content (AvgIpc) is 2.84. The van der Waals surface area contributed by atoms with Gasteiger partial charge in [-0.3, -0.25) is 4.79 Å².